The monoisotopic (exact) mass is 306 g/mol. The van der Waals surface area contributed by atoms with Crippen LogP contribution in [0.2, 0.25) is 0 Å². The van der Waals surface area contributed by atoms with Gasteiger partial charge in [-0.2, -0.15) is 0 Å². The summed E-state index contributed by atoms with van der Waals surface area (Å²) >= 11 is 3.41. The van der Waals surface area contributed by atoms with Gasteiger partial charge in [-0.1, -0.05) is 12.2 Å². The van der Waals surface area contributed by atoms with Gasteiger partial charge in [0.25, 0.3) is 0 Å². The van der Waals surface area contributed by atoms with Crippen molar-refractivity contribution in [2.24, 2.45) is 17.8 Å². The second-order valence-electron chi connectivity index (χ2n) is 5.64. The number of halogens is 1. The van der Waals surface area contributed by atoms with Crippen LogP contribution in [0.4, 0.5) is 5.69 Å². The number of nitrogens with zero attached hydrogens (tertiary/aromatic N) is 1. The molecule has 1 aromatic heterocycles. The summed E-state index contributed by atoms with van der Waals surface area (Å²) in [6.07, 6.45) is 7.54. The lowest BCUT2D eigenvalue weighted by atomic mass is 9.87. The molecule has 96 valence electrons. The summed E-state index contributed by atoms with van der Waals surface area (Å²) in [5.41, 5.74) is 2.23. The molecule has 1 N–H and O–H groups in total. The Morgan fingerprint density at radius 2 is 2.17 bits per heavy atom. The summed E-state index contributed by atoms with van der Waals surface area (Å²) in [7, 11) is 0. The van der Waals surface area contributed by atoms with Crippen LogP contribution in [0.3, 0.4) is 0 Å². The summed E-state index contributed by atoms with van der Waals surface area (Å²) in [6.45, 7) is 4.36. The van der Waals surface area contributed by atoms with Crippen molar-refractivity contribution < 1.29 is 0 Å². The zero-order valence-electron chi connectivity index (χ0n) is 10.9. The zero-order chi connectivity index (χ0) is 12.7. The largest absolute Gasteiger partial charge is 0.381 e. The van der Waals surface area contributed by atoms with Crippen molar-refractivity contribution in [3.05, 3.63) is 34.6 Å². The maximum absolute atomic E-state index is 4.44. The molecule has 18 heavy (non-hydrogen) atoms. The maximum Gasteiger partial charge on any atom is 0.106 e. The van der Waals surface area contributed by atoms with Crippen LogP contribution >= 0.6 is 15.9 Å². The summed E-state index contributed by atoms with van der Waals surface area (Å²) < 4.78 is 0.904. The van der Waals surface area contributed by atoms with Gasteiger partial charge in [-0.3, -0.25) is 0 Å². The third-order valence-corrected chi connectivity index (χ3v) is 4.85. The fourth-order valence-electron chi connectivity index (χ4n) is 3.43. The van der Waals surface area contributed by atoms with Gasteiger partial charge in [0, 0.05) is 6.04 Å². The molecule has 1 saturated carbocycles. The van der Waals surface area contributed by atoms with Crippen LogP contribution < -0.4 is 5.32 Å². The van der Waals surface area contributed by atoms with Crippen LogP contribution in [-0.2, 0) is 0 Å². The van der Waals surface area contributed by atoms with Crippen LogP contribution in [0.15, 0.2) is 28.9 Å². The lowest BCUT2D eigenvalue weighted by Crippen LogP contribution is -2.29. The molecule has 4 atom stereocenters. The summed E-state index contributed by atoms with van der Waals surface area (Å²) in [4.78, 5) is 4.44. The van der Waals surface area contributed by atoms with E-state index in [1.54, 1.807) is 0 Å². The van der Waals surface area contributed by atoms with Gasteiger partial charge in [0.2, 0.25) is 0 Å². The van der Waals surface area contributed by atoms with Crippen molar-refractivity contribution in [1.82, 2.24) is 4.98 Å². The molecule has 2 aliphatic carbocycles. The average molecular weight is 307 g/mol. The molecule has 1 aromatic rings. The Morgan fingerprint density at radius 3 is 2.78 bits per heavy atom. The molecule has 0 saturated heterocycles. The zero-order valence-corrected chi connectivity index (χ0v) is 12.4. The normalized spacial score (nSPS) is 30.7. The number of aromatic nitrogens is 1. The second-order valence-corrected chi connectivity index (χ2v) is 6.46. The summed E-state index contributed by atoms with van der Waals surface area (Å²) in [6, 6.07) is 4.64. The predicted octanol–water partition coefficient (Wildman–Crippen LogP) is 4.17. The molecular weight excluding hydrogens is 288 g/mol. The fraction of sp³-hybridized carbons (Fsp3) is 0.533. The molecule has 0 amide bonds. The molecular formula is C15H19BrN2. The average Bonchev–Trinajstić information content (AvgIpc) is 2.94. The topological polar surface area (TPSA) is 24.9 Å². The Hall–Kier alpha value is -0.830. The molecule has 2 nitrogen and oxygen atoms in total. The van der Waals surface area contributed by atoms with Crippen LogP contribution in [-0.4, -0.2) is 11.0 Å². The number of allylic oxidation sites excluding steroid dienone is 2. The number of hydrogen-bond acceptors (Lipinski definition) is 2. The number of pyridine rings is 1. The van der Waals surface area contributed by atoms with Crippen molar-refractivity contribution in [3.8, 4) is 0 Å². The van der Waals surface area contributed by atoms with E-state index in [0.29, 0.717) is 6.04 Å². The Labute approximate surface area is 117 Å². The third kappa shape index (κ3) is 2.20. The van der Waals surface area contributed by atoms with Gasteiger partial charge >= 0.3 is 0 Å². The second kappa shape index (κ2) is 4.69. The molecule has 2 aliphatic rings. The molecule has 3 heteroatoms. The minimum atomic E-state index is 0.520. The van der Waals surface area contributed by atoms with Crippen molar-refractivity contribution >= 4 is 21.6 Å². The molecule has 0 aromatic carbocycles. The third-order valence-electron chi connectivity index (χ3n) is 4.41. The minimum Gasteiger partial charge on any atom is -0.381 e. The number of nitrogens with one attached hydrogen (secondary N) is 1. The van der Waals surface area contributed by atoms with E-state index in [0.717, 1.165) is 33.7 Å². The van der Waals surface area contributed by atoms with E-state index in [1.165, 1.54) is 12.8 Å². The Balaban J connectivity index is 1.71. The van der Waals surface area contributed by atoms with E-state index >= 15 is 0 Å². The molecule has 0 radical (unpaired) electrons. The number of anilines is 1. The van der Waals surface area contributed by atoms with Gasteiger partial charge in [0.1, 0.15) is 4.60 Å². The number of hydrogen-bond donors (Lipinski definition) is 1. The maximum atomic E-state index is 4.44. The SMILES string of the molecule is Cc1nc(Br)ccc1NC(C)C1CC2C=CC1C2. The van der Waals surface area contributed by atoms with Crippen molar-refractivity contribution in [2.45, 2.75) is 32.7 Å². The van der Waals surface area contributed by atoms with E-state index < -0.39 is 0 Å². The standard InChI is InChI=1S/C15H19BrN2/c1-9(13-8-11-3-4-12(13)7-11)17-14-5-6-15(16)18-10(14)2/h3-6,9,11-13,17H,7-8H2,1-2H3. The van der Waals surface area contributed by atoms with Crippen LogP contribution in [0.25, 0.3) is 0 Å². The molecule has 0 aliphatic heterocycles. The van der Waals surface area contributed by atoms with E-state index in [-0.39, 0.29) is 0 Å². The Morgan fingerprint density at radius 1 is 1.33 bits per heavy atom. The summed E-state index contributed by atoms with van der Waals surface area (Å²) in [5.74, 6) is 2.41. The molecule has 2 bridgehead atoms. The van der Waals surface area contributed by atoms with Gasteiger partial charge < -0.3 is 5.32 Å². The van der Waals surface area contributed by atoms with Crippen molar-refractivity contribution in [3.63, 3.8) is 0 Å². The summed E-state index contributed by atoms with van der Waals surface area (Å²) in [5, 5.41) is 3.65. The fourth-order valence-corrected chi connectivity index (χ4v) is 3.83. The van der Waals surface area contributed by atoms with Crippen molar-refractivity contribution in [1.29, 1.82) is 0 Å². The molecule has 4 unspecified atom stereocenters. The van der Waals surface area contributed by atoms with Gasteiger partial charge in [-0.05, 0) is 72.5 Å². The smallest absolute Gasteiger partial charge is 0.106 e. The van der Waals surface area contributed by atoms with Crippen LogP contribution in [0.5, 0.6) is 0 Å². The first-order chi connectivity index (χ1) is 8.63. The highest BCUT2D eigenvalue weighted by molar-refractivity contribution is 9.10. The first-order valence-electron chi connectivity index (χ1n) is 6.71. The first-order valence-corrected chi connectivity index (χ1v) is 7.51. The molecule has 0 spiro atoms. The highest BCUT2D eigenvalue weighted by atomic mass is 79.9. The van der Waals surface area contributed by atoms with Gasteiger partial charge in [0.15, 0.2) is 0 Å². The van der Waals surface area contributed by atoms with E-state index in [2.05, 4.69) is 58.3 Å². The molecule has 1 fully saturated rings. The number of aryl methyl sites for hydroxylation is 1. The highest BCUT2D eigenvalue weighted by Crippen LogP contribution is 2.45. The highest BCUT2D eigenvalue weighted by Gasteiger charge is 2.38. The van der Waals surface area contributed by atoms with Gasteiger partial charge in [0.05, 0.1) is 11.4 Å². The number of rotatable bonds is 3. The van der Waals surface area contributed by atoms with E-state index in [1.807, 2.05) is 6.07 Å². The van der Waals surface area contributed by atoms with Crippen molar-refractivity contribution in [2.75, 3.05) is 5.32 Å². The lowest BCUT2D eigenvalue weighted by Gasteiger charge is -2.27. The quantitative estimate of drug-likeness (QED) is 0.670. The van der Waals surface area contributed by atoms with E-state index in [4.69, 9.17) is 0 Å². The van der Waals surface area contributed by atoms with Gasteiger partial charge in [-0.15, -0.1) is 0 Å². The minimum absolute atomic E-state index is 0.520. The Kier molecular flexibility index (Phi) is 3.18. The van der Waals surface area contributed by atoms with Gasteiger partial charge in [-0.25, -0.2) is 4.98 Å². The lowest BCUT2D eigenvalue weighted by molar-refractivity contribution is 0.399. The van der Waals surface area contributed by atoms with E-state index in [9.17, 15) is 0 Å². The Bertz CT molecular complexity index is 483. The predicted molar refractivity (Wildman–Crippen MR) is 78.6 cm³/mol. The number of fused-ring (bicyclic) bond motifs is 2. The molecule has 3 rings (SSSR count). The molecule has 1 heterocycles. The first kappa shape index (κ1) is 12.2. The van der Waals surface area contributed by atoms with Crippen LogP contribution in [0.1, 0.15) is 25.5 Å². The van der Waals surface area contributed by atoms with Crippen LogP contribution in [0, 0.1) is 24.7 Å².